The van der Waals surface area contributed by atoms with Gasteiger partial charge in [0.2, 0.25) is 0 Å². The normalized spacial score (nSPS) is 18.5. The lowest BCUT2D eigenvalue weighted by Crippen LogP contribution is -2.41. The van der Waals surface area contributed by atoms with Crippen LogP contribution in [0.1, 0.15) is 61.0 Å². The number of nitrogen functional groups attached to an aromatic ring is 1. The summed E-state index contributed by atoms with van der Waals surface area (Å²) in [7, 11) is 1.93. The van der Waals surface area contributed by atoms with E-state index in [0.29, 0.717) is 17.1 Å². The van der Waals surface area contributed by atoms with Gasteiger partial charge < -0.3 is 10.6 Å². The molecular formula is C18H28N2O. The van der Waals surface area contributed by atoms with Gasteiger partial charge in [-0.3, -0.25) is 4.79 Å². The Balaban J connectivity index is 2.15. The van der Waals surface area contributed by atoms with Gasteiger partial charge in [0.1, 0.15) is 0 Å². The number of nitrogens with zero attached hydrogens (tertiary/aromatic N) is 1. The van der Waals surface area contributed by atoms with E-state index in [9.17, 15) is 4.79 Å². The van der Waals surface area contributed by atoms with Crippen LogP contribution in [0.4, 0.5) is 5.69 Å². The van der Waals surface area contributed by atoms with Crippen LogP contribution in [-0.4, -0.2) is 23.9 Å². The quantitative estimate of drug-likeness (QED) is 0.838. The van der Waals surface area contributed by atoms with Crippen molar-refractivity contribution in [2.45, 2.75) is 59.4 Å². The van der Waals surface area contributed by atoms with Crippen LogP contribution in [0.25, 0.3) is 0 Å². The van der Waals surface area contributed by atoms with E-state index in [1.165, 1.54) is 12.8 Å². The van der Waals surface area contributed by atoms with E-state index in [1.54, 1.807) is 0 Å². The fourth-order valence-electron chi connectivity index (χ4n) is 3.23. The van der Waals surface area contributed by atoms with Crippen LogP contribution in [0, 0.1) is 19.3 Å². The highest BCUT2D eigenvalue weighted by atomic mass is 16.2. The fraction of sp³-hybridized carbons (Fsp3) is 0.611. The number of hydrogen-bond donors (Lipinski definition) is 1. The van der Waals surface area contributed by atoms with Crippen LogP contribution in [0.2, 0.25) is 0 Å². The van der Waals surface area contributed by atoms with Gasteiger partial charge in [-0.05, 0) is 62.1 Å². The molecule has 3 nitrogen and oxygen atoms in total. The molecule has 1 fully saturated rings. The first kappa shape index (κ1) is 15.9. The zero-order valence-corrected chi connectivity index (χ0v) is 14.0. The molecule has 1 aromatic rings. The minimum Gasteiger partial charge on any atom is -0.398 e. The highest BCUT2D eigenvalue weighted by Gasteiger charge is 2.31. The monoisotopic (exact) mass is 288 g/mol. The van der Waals surface area contributed by atoms with Crippen molar-refractivity contribution < 1.29 is 4.79 Å². The largest absolute Gasteiger partial charge is 0.398 e. The molecule has 0 aromatic heterocycles. The number of amides is 1. The second-order valence-electron chi connectivity index (χ2n) is 7.34. The lowest BCUT2D eigenvalue weighted by Gasteiger charge is -2.38. The van der Waals surface area contributed by atoms with Crippen LogP contribution >= 0.6 is 0 Å². The van der Waals surface area contributed by atoms with E-state index in [4.69, 9.17) is 5.73 Å². The third kappa shape index (κ3) is 3.39. The van der Waals surface area contributed by atoms with Crippen molar-refractivity contribution in [2.75, 3.05) is 12.8 Å². The van der Waals surface area contributed by atoms with Crippen molar-refractivity contribution in [3.63, 3.8) is 0 Å². The lowest BCUT2D eigenvalue weighted by atomic mass is 9.75. The van der Waals surface area contributed by atoms with Gasteiger partial charge in [-0.2, -0.15) is 0 Å². The molecule has 2 rings (SSSR count). The maximum atomic E-state index is 12.8. The number of rotatable bonds is 2. The highest BCUT2D eigenvalue weighted by molar-refractivity contribution is 5.96. The number of carbonyl (C=O) groups excluding carboxylic acids is 1. The molecule has 116 valence electrons. The van der Waals surface area contributed by atoms with Gasteiger partial charge in [-0.1, -0.05) is 19.9 Å². The van der Waals surface area contributed by atoms with Crippen molar-refractivity contribution in [3.05, 3.63) is 28.8 Å². The maximum absolute atomic E-state index is 12.8. The molecule has 0 saturated heterocycles. The lowest BCUT2D eigenvalue weighted by molar-refractivity contribution is 0.0634. The zero-order valence-electron chi connectivity index (χ0n) is 14.0. The Labute approximate surface area is 128 Å². The minimum atomic E-state index is 0.101. The van der Waals surface area contributed by atoms with Crippen LogP contribution < -0.4 is 5.73 Å². The van der Waals surface area contributed by atoms with Gasteiger partial charge in [0.25, 0.3) is 5.91 Å². The van der Waals surface area contributed by atoms with E-state index in [2.05, 4.69) is 13.8 Å². The summed E-state index contributed by atoms with van der Waals surface area (Å²) in [6, 6.07) is 4.18. The third-order valence-electron chi connectivity index (χ3n) is 5.02. The number of hydrogen-bond acceptors (Lipinski definition) is 2. The summed E-state index contributed by atoms with van der Waals surface area (Å²) in [5.41, 5.74) is 9.87. The standard InChI is InChI=1S/C18H28N2O/c1-12-10-13(2)16(19)11-15(12)17(21)20(5)14-6-8-18(3,4)9-7-14/h10-11,14H,6-9,19H2,1-5H3. The van der Waals surface area contributed by atoms with E-state index < -0.39 is 0 Å². The SMILES string of the molecule is Cc1cc(C)c(C(=O)N(C)C2CCC(C)(C)CC2)cc1N. The van der Waals surface area contributed by atoms with E-state index in [0.717, 1.165) is 29.5 Å². The van der Waals surface area contributed by atoms with Crippen LogP contribution in [0.3, 0.4) is 0 Å². The molecule has 0 heterocycles. The number of nitrogens with two attached hydrogens (primary N) is 1. The first-order valence-electron chi connectivity index (χ1n) is 7.85. The molecule has 0 spiro atoms. The van der Waals surface area contributed by atoms with Crippen molar-refractivity contribution in [1.29, 1.82) is 0 Å². The summed E-state index contributed by atoms with van der Waals surface area (Å²) in [6.07, 6.45) is 4.56. The Morgan fingerprint density at radius 2 is 1.76 bits per heavy atom. The predicted octanol–water partition coefficient (Wildman–Crippen LogP) is 3.93. The van der Waals surface area contributed by atoms with Crippen LogP contribution in [-0.2, 0) is 0 Å². The minimum absolute atomic E-state index is 0.101. The summed E-state index contributed by atoms with van der Waals surface area (Å²) in [5, 5.41) is 0. The Hall–Kier alpha value is -1.51. The van der Waals surface area contributed by atoms with Crippen molar-refractivity contribution in [1.82, 2.24) is 4.90 Å². The second kappa shape index (κ2) is 5.70. The Kier molecular flexibility index (Phi) is 4.31. The Morgan fingerprint density at radius 1 is 1.19 bits per heavy atom. The molecule has 1 aromatic carbocycles. The molecule has 0 aliphatic heterocycles. The Bertz CT molecular complexity index is 538. The van der Waals surface area contributed by atoms with Gasteiger partial charge in [0.15, 0.2) is 0 Å². The molecule has 1 aliphatic rings. The van der Waals surface area contributed by atoms with E-state index in [-0.39, 0.29) is 5.91 Å². The van der Waals surface area contributed by atoms with Crippen molar-refractivity contribution in [2.24, 2.45) is 5.41 Å². The third-order valence-corrected chi connectivity index (χ3v) is 5.02. The van der Waals surface area contributed by atoms with Gasteiger partial charge in [0, 0.05) is 24.3 Å². The number of aryl methyl sites for hydroxylation is 2. The molecule has 0 unspecified atom stereocenters. The average molecular weight is 288 g/mol. The molecule has 0 atom stereocenters. The number of anilines is 1. The van der Waals surface area contributed by atoms with Gasteiger partial charge in [-0.15, -0.1) is 0 Å². The molecule has 3 heteroatoms. The molecule has 1 aliphatic carbocycles. The maximum Gasteiger partial charge on any atom is 0.254 e. The zero-order chi connectivity index (χ0) is 15.8. The van der Waals surface area contributed by atoms with Crippen LogP contribution in [0.15, 0.2) is 12.1 Å². The molecule has 1 amide bonds. The van der Waals surface area contributed by atoms with Crippen molar-refractivity contribution >= 4 is 11.6 Å². The predicted molar refractivity (Wildman–Crippen MR) is 88.5 cm³/mol. The molecule has 2 N–H and O–H groups in total. The first-order chi connectivity index (χ1) is 9.71. The summed E-state index contributed by atoms with van der Waals surface area (Å²) >= 11 is 0. The second-order valence-corrected chi connectivity index (χ2v) is 7.34. The van der Waals surface area contributed by atoms with Gasteiger partial charge in [-0.25, -0.2) is 0 Å². The van der Waals surface area contributed by atoms with Crippen LogP contribution in [0.5, 0.6) is 0 Å². The highest BCUT2D eigenvalue weighted by Crippen LogP contribution is 2.37. The molecule has 21 heavy (non-hydrogen) atoms. The number of benzene rings is 1. The number of carbonyl (C=O) groups is 1. The molecule has 0 radical (unpaired) electrons. The summed E-state index contributed by atoms with van der Waals surface area (Å²) in [5.74, 6) is 0.101. The Morgan fingerprint density at radius 3 is 2.33 bits per heavy atom. The van der Waals surface area contributed by atoms with Gasteiger partial charge in [0.05, 0.1) is 0 Å². The summed E-state index contributed by atoms with van der Waals surface area (Å²) in [6.45, 7) is 8.59. The van der Waals surface area contributed by atoms with Crippen molar-refractivity contribution in [3.8, 4) is 0 Å². The molecular weight excluding hydrogens is 260 g/mol. The average Bonchev–Trinajstić information content (AvgIpc) is 2.41. The van der Waals surface area contributed by atoms with Gasteiger partial charge >= 0.3 is 0 Å². The summed E-state index contributed by atoms with van der Waals surface area (Å²) in [4.78, 5) is 14.7. The van der Waals surface area contributed by atoms with E-state index >= 15 is 0 Å². The molecule has 0 bridgehead atoms. The summed E-state index contributed by atoms with van der Waals surface area (Å²) < 4.78 is 0. The topological polar surface area (TPSA) is 46.3 Å². The van der Waals surface area contributed by atoms with E-state index in [1.807, 2.05) is 37.9 Å². The first-order valence-corrected chi connectivity index (χ1v) is 7.85. The molecule has 1 saturated carbocycles. The fourth-order valence-corrected chi connectivity index (χ4v) is 3.23. The smallest absolute Gasteiger partial charge is 0.254 e.